The summed E-state index contributed by atoms with van der Waals surface area (Å²) in [5.74, 6) is -1.16. The van der Waals surface area contributed by atoms with Crippen molar-refractivity contribution in [3.63, 3.8) is 0 Å². The van der Waals surface area contributed by atoms with Gasteiger partial charge in [-0.05, 0) is 31.3 Å². The maximum absolute atomic E-state index is 10.4. The SMILES string of the molecule is N[C@H](O)/C=C/[C@@H]1[C@@H](C/C=C\CCCC(=O)O)[C@@H](O)C[C@H]1O. The smallest absolute Gasteiger partial charge is 0.303 e. The van der Waals surface area contributed by atoms with Crippen molar-refractivity contribution in [3.05, 3.63) is 24.3 Å². The molecule has 0 aliphatic heterocycles. The first kappa shape index (κ1) is 17.8. The topological polar surface area (TPSA) is 124 Å². The Morgan fingerprint density at radius 3 is 2.62 bits per heavy atom. The van der Waals surface area contributed by atoms with Crippen LogP contribution in [-0.2, 0) is 4.79 Å². The Kier molecular flexibility index (Phi) is 7.60. The average molecular weight is 299 g/mol. The Hall–Kier alpha value is -1.21. The van der Waals surface area contributed by atoms with E-state index in [0.717, 1.165) is 0 Å². The first-order chi connectivity index (χ1) is 9.91. The molecule has 0 aromatic rings. The van der Waals surface area contributed by atoms with Gasteiger partial charge in [0.2, 0.25) is 0 Å². The standard InChI is InChI=1S/C15H25NO5/c16-14(19)8-7-11-10(12(17)9-13(11)18)5-3-1-2-4-6-15(20)21/h1,3,7-8,10-14,17-19H,2,4-6,9,16H2,(H,20,21)/b3-1-,8-7+/t10-,11-,12+,13-,14-/m1/s1. The van der Waals surface area contributed by atoms with E-state index in [1.807, 2.05) is 12.2 Å². The summed E-state index contributed by atoms with van der Waals surface area (Å²) in [6.45, 7) is 0. The second-order valence-electron chi connectivity index (χ2n) is 5.48. The molecule has 0 aromatic heterocycles. The van der Waals surface area contributed by atoms with Gasteiger partial charge in [-0.2, -0.15) is 0 Å². The number of carbonyl (C=O) groups is 1. The number of aliphatic hydroxyl groups excluding tert-OH is 3. The van der Waals surface area contributed by atoms with E-state index >= 15 is 0 Å². The maximum Gasteiger partial charge on any atom is 0.303 e. The van der Waals surface area contributed by atoms with Crippen LogP contribution in [0.3, 0.4) is 0 Å². The maximum atomic E-state index is 10.4. The number of carboxylic acid groups (broad SMARTS) is 1. The van der Waals surface area contributed by atoms with E-state index in [1.54, 1.807) is 6.08 Å². The fourth-order valence-electron chi connectivity index (χ4n) is 2.69. The van der Waals surface area contributed by atoms with Crippen LogP contribution >= 0.6 is 0 Å². The van der Waals surface area contributed by atoms with E-state index in [0.29, 0.717) is 25.7 Å². The summed E-state index contributed by atoms with van der Waals surface area (Å²) in [6.07, 6.45) is 6.92. The van der Waals surface area contributed by atoms with Gasteiger partial charge in [0.1, 0.15) is 6.23 Å². The number of hydrogen-bond donors (Lipinski definition) is 5. The van der Waals surface area contributed by atoms with Gasteiger partial charge in [-0.3, -0.25) is 4.79 Å². The Morgan fingerprint density at radius 1 is 1.29 bits per heavy atom. The molecule has 1 rings (SSSR count). The quantitative estimate of drug-likeness (QED) is 0.251. The van der Waals surface area contributed by atoms with E-state index in [9.17, 15) is 15.0 Å². The van der Waals surface area contributed by atoms with Crippen molar-refractivity contribution in [1.29, 1.82) is 0 Å². The van der Waals surface area contributed by atoms with Gasteiger partial charge in [0, 0.05) is 18.8 Å². The van der Waals surface area contributed by atoms with Gasteiger partial charge in [-0.25, -0.2) is 0 Å². The van der Waals surface area contributed by atoms with Crippen LogP contribution in [0.5, 0.6) is 0 Å². The molecule has 1 aliphatic rings. The molecule has 0 bridgehead atoms. The van der Waals surface area contributed by atoms with Crippen molar-refractivity contribution >= 4 is 5.97 Å². The first-order valence-electron chi connectivity index (χ1n) is 7.26. The number of allylic oxidation sites excluding steroid dienone is 2. The highest BCUT2D eigenvalue weighted by atomic mass is 16.4. The summed E-state index contributed by atoms with van der Waals surface area (Å²) in [7, 11) is 0. The molecule has 0 aromatic carbocycles. The number of unbranched alkanes of at least 4 members (excludes halogenated alkanes) is 1. The van der Waals surface area contributed by atoms with Gasteiger partial charge >= 0.3 is 5.97 Å². The van der Waals surface area contributed by atoms with Crippen molar-refractivity contribution in [3.8, 4) is 0 Å². The van der Waals surface area contributed by atoms with Gasteiger partial charge < -0.3 is 26.2 Å². The molecule has 0 radical (unpaired) electrons. The van der Waals surface area contributed by atoms with Gasteiger partial charge in [0.25, 0.3) is 0 Å². The van der Waals surface area contributed by atoms with Crippen LogP contribution in [-0.4, -0.2) is 44.8 Å². The molecule has 6 N–H and O–H groups in total. The fraction of sp³-hybridized carbons (Fsp3) is 0.667. The summed E-state index contributed by atoms with van der Waals surface area (Å²) in [5.41, 5.74) is 5.24. The molecule has 1 fully saturated rings. The molecule has 21 heavy (non-hydrogen) atoms. The number of rotatable bonds is 8. The lowest BCUT2D eigenvalue weighted by Crippen LogP contribution is -2.22. The normalized spacial score (nSPS) is 31.2. The lowest BCUT2D eigenvalue weighted by Gasteiger charge is -2.19. The third-order valence-corrected chi connectivity index (χ3v) is 3.78. The fourth-order valence-corrected chi connectivity index (χ4v) is 2.69. The molecule has 0 heterocycles. The van der Waals surface area contributed by atoms with Crippen molar-refractivity contribution in [1.82, 2.24) is 0 Å². The van der Waals surface area contributed by atoms with E-state index in [-0.39, 0.29) is 18.3 Å². The monoisotopic (exact) mass is 299 g/mol. The van der Waals surface area contributed by atoms with Crippen LogP contribution in [0.4, 0.5) is 0 Å². The van der Waals surface area contributed by atoms with Crippen LogP contribution in [0, 0.1) is 11.8 Å². The Labute approximate surface area is 124 Å². The highest BCUT2D eigenvalue weighted by Crippen LogP contribution is 2.36. The minimum atomic E-state index is -1.07. The summed E-state index contributed by atoms with van der Waals surface area (Å²) in [5, 5.41) is 37.5. The van der Waals surface area contributed by atoms with Crippen molar-refractivity contribution in [2.75, 3.05) is 0 Å². The molecule has 6 nitrogen and oxygen atoms in total. The zero-order valence-corrected chi connectivity index (χ0v) is 12.0. The van der Waals surface area contributed by atoms with E-state index in [1.165, 1.54) is 6.08 Å². The molecular formula is C15H25NO5. The van der Waals surface area contributed by atoms with Crippen LogP contribution in [0.2, 0.25) is 0 Å². The van der Waals surface area contributed by atoms with E-state index in [2.05, 4.69) is 0 Å². The molecule has 0 unspecified atom stereocenters. The van der Waals surface area contributed by atoms with Crippen molar-refractivity contribution < 1.29 is 25.2 Å². The molecule has 1 saturated carbocycles. The molecule has 1 aliphatic carbocycles. The van der Waals surface area contributed by atoms with Gasteiger partial charge in [0.05, 0.1) is 12.2 Å². The summed E-state index contributed by atoms with van der Waals surface area (Å²) >= 11 is 0. The highest BCUT2D eigenvalue weighted by molar-refractivity contribution is 5.66. The zero-order chi connectivity index (χ0) is 15.8. The number of carboxylic acids is 1. The largest absolute Gasteiger partial charge is 0.481 e. The van der Waals surface area contributed by atoms with Crippen LogP contribution in [0.15, 0.2) is 24.3 Å². The second kappa shape index (κ2) is 8.94. The second-order valence-corrected chi connectivity index (χ2v) is 5.48. The molecule has 0 amide bonds. The first-order valence-corrected chi connectivity index (χ1v) is 7.26. The highest BCUT2D eigenvalue weighted by Gasteiger charge is 2.39. The number of nitrogens with two attached hydrogens (primary N) is 1. The molecule has 6 heteroatoms. The van der Waals surface area contributed by atoms with Gasteiger partial charge in [0.15, 0.2) is 0 Å². The lowest BCUT2D eigenvalue weighted by molar-refractivity contribution is -0.137. The minimum absolute atomic E-state index is 0.120. The predicted molar refractivity (Wildman–Crippen MR) is 78.2 cm³/mol. The molecule has 5 atom stereocenters. The Balaban J connectivity index is 2.46. The molecular weight excluding hydrogens is 274 g/mol. The van der Waals surface area contributed by atoms with E-state index in [4.69, 9.17) is 15.9 Å². The van der Waals surface area contributed by atoms with Crippen LogP contribution in [0.25, 0.3) is 0 Å². The third kappa shape index (κ3) is 6.39. The average Bonchev–Trinajstić information content (AvgIpc) is 2.65. The summed E-state index contributed by atoms with van der Waals surface area (Å²) < 4.78 is 0. The van der Waals surface area contributed by atoms with Gasteiger partial charge in [-0.15, -0.1) is 0 Å². The Morgan fingerprint density at radius 2 is 2.00 bits per heavy atom. The number of hydrogen-bond acceptors (Lipinski definition) is 5. The van der Waals surface area contributed by atoms with Crippen molar-refractivity contribution in [2.24, 2.45) is 17.6 Å². The van der Waals surface area contributed by atoms with Crippen LogP contribution < -0.4 is 5.73 Å². The third-order valence-electron chi connectivity index (χ3n) is 3.78. The van der Waals surface area contributed by atoms with E-state index < -0.39 is 24.4 Å². The molecule has 0 spiro atoms. The lowest BCUT2D eigenvalue weighted by atomic mass is 9.90. The zero-order valence-electron chi connectivity index (χ0n) is 12.0. The summed E-state index contributed by atoms with van der Waals surface area (Å²) in [4.78, 5) is 10.4. The number of aliphatic hydroxyl groups is 3. The predicted octanol–water partition coefficient (Wildman–Crippen LogP) is 0.379. The Bertz CT molecular complexity index is 380. The summed E-state index contributed by atoms with van der Waals surface area (Å²) in [6, 6.07) is 0. The molecule has 120 valence electrons. The van der Waals surface area contributed by atoms with Gasteiger partial charge in [-0.1, -0.05) is 18.2 Å². The minimum Gasteiger partial charge on any atom is -0.481 e. The number of aliphatic carboxylic acids is 1. The van der Waals surface area contributed by atoms with Crippen molar-refractivity contribution in [2.45, 2.75) is 50.5 Å². The van der Waals surface area contributed by atoms with Crippen LogP contribution in [0.1, 0.15) is 32.1 Å². The molecule has 0 saturated heterocycles.